The van der Waals surface area contributed by atoms with Crippen LogP contribution in [0.1, 0.15) is 33.6 Å². The van der Waals surface area contributed by atoms with E-state index in [1.165, 1.54) is 0 Å². The minimum atomic E-state index is 0. The maximum Gasteiger partial charge on any atom is 0.243 e. The van der Waals surface area contributed by atoms with Crippen molar-refractivity contribution < 1.29 is 4.79 Å². The van der Waals surface area contributed by atoms with E-state index in [-0.39, 0.29) is 36.4 Å². The molecule has 0 saturated carbocycles. The predicted octanol–water partition coefficient (Wildman–Crippen LogP) is 1.68. The minimum absolute atomic E-state index is 0. The number of hydrogen-bond donors (Lipinski definition) is 2. The average molecular weight is 384 g/mol. The quantitative estimate of drug-likeness (QED) is 0.399. The summed E-state index contributed by atoms with van der Waals surface area (Å²) in [7, 11) is 3.48. The molecule has 0 aromatic heterocycles. The highest BCUT2D eigenvalue weighted by molar-refractivity contribution is 14.0. The maximum absolute atomic E-state index is 11.5. The molecule has 0 fully saturated rings. The summed E-state index contributed by atoms with van der Waals surface area (Å²) >= 11 is 0. The van der Waals surface area contributed by atoms with Crippen LogP contribution in [0.4, 0.5) is 0 Å². The van der Waals surface area contributed by atoms with Gasteiger partial charge >= 0.3 is 0 Å². The molecule has 19 heavy (non-hydrogen) atoms. The molecular weight excluding hydrogens is 355 g/mol. The highest BCUT2D eigenvalue weighted by atomic mass is 127. The van der Waals surface area contributed by atoms with Crippen molar-refractivity contribution in [1.82, 2.24) is 15.5 Å². The van der Waals surface area contributed by atoms with Crippen LogP contribution in [-0.4, -0.2) is 50.5 Å². The van der Waals surface area contributed by atoms with Gasteiger partial charge in [0, 0.05) is 27.2 Å². The third-order valence-electron chi connectivity index (χ3n) is 2.43. The summed E-state index contributed by atoms with van der Waals surface area (Å²) < 4.78 is 0. The van der Waals surface area contributed by atoms with Crippen molar-refractivity contribution in [3.05, 3.63) is 0 Å². The molecule has 6 heteroatoms. The van der Waals surface area contributed by atoms with Crippen LogP contribution in [0.15, 0.2) is 4.99 Å². The van der Waals surface area contributed by atoms with Gasteiger partial charge in [-0.15, -0.1) is 24.0 Å². The molecule has 5 nitrogen and oxygen atoms in total. The van der Waals surface area contributed by atoms with Crippen LogP contribution < -0.4 is 10.6 Å². The maximum atomic E-state index is 11.5. The van der Waals surface area contributed by atoms with E-state index >= 15 is 0 Å². The molecule has 0 aliphatic heterocycles. The van der Waals surface area contributed by atoms with E-state index in [9.17, 15) is 4.79 Å². The molecule has 0 aliphatic carbocycles. The van der Waals surface area contributed by atoms with Gasteiger partial charge in [-0.1, -0.05) is 20.8 Å². The lowest BCUT2D eigenvalue weighted by atomic mass is 10.1. The molecule has 0 aliphatic rings. The molecule has 0 atom stereocenters. The zero-order valence-electron chi connectivity index (χ0n) is 12.8. The number of carbonyl (C=O) groups is 1. The Hall–Kier alpha value is -0.530. The first-order valence-electron chi connectivity index (χ1n) is 6.69. The number of halogens is 1. The molecule has 0 aromatic carbocycles. The Balaban J connectivity index is 0. The zero-order valence-corrected chi connectivity index (χ0v) is 15.2. The number of amides is 1. The topological polar surface area (TPSA) is 56.7 Å². The number of likely N-dealkylation sites (N-methyl/N-ethyl adjacent to an activating group) is 1. The number of aliphatic imine (C=N–C) groups is 1. The van der Waals surface area contributed by atoms with Gasteiger partial charge < -0.3 is 15.5 Å². The van der Waals surface area contributed by atoms with Crippen LogP contribution in [0.5, 0.6) is 0 Å². The number of hydrogen-bond acceptors (Lipinski definition) is 2. The summed E-state index contributed by atoms with van der Waals surface area (Å²) in [5.74, 6) is 1.40. The first-order valence-corrected chi connectivity index (χ1v) is 6.69. The molecular formula is C13H29IN4O. The van der Waals surface area contributed by atoms with Gasteiger partial charge in [0.1, 0.15) is 6.54 Å². The van der Waals surface area contributed by atoms with Crippen molar-refractivity contribution in [1.29, 1.82) is 0 Å². The average Bonchev–Trinajstić information content (AvgIpc) is 2.30. The fourth-order valence-corrected chi connectivity index (χ4v) is 1.19. The van der Waals surface area contributed by atoms with Crippen LogP contribution in [0.25, 0.3) is 0 Å². The smallest absolute Gasteiger partial charge is 0.243 e. The lowest BCUT2D eigenvalue weighted by Crippen LogP contribution is -2.39. The molecule has 0 heterocycles. The van der Waals surface area contributed by atoms with Crippen LogP contribution in [-0.2, 0) is 4.79 Å². The Bertz CT molecular complexity index is 267. The van der Waals surface area contributed by atoms with Crippen LogP contribution in [0.3, 0.4) is 0 Å². The van der Waals surface area contributed by atoms with E-state index < -0.39 is 0 Å². The van der Waals surface area contributed by atoms with E-state index in [1.54, 1.807) is 19.0 Å². The SMILES string of the molecule is CCCNC(=NCC(=O)N(C)C)NCCC(C)C.I. The highest BCUT2D eigenvalue weighted by Crippen LogP contribution is 1.96. The molecule has 0 unspecified atom stereocenters. The molecule has 1 amide bonds. The van der Waals surface area contributed by atoms with Crippen molar-refractivity contribution in [2.75, 3.05) is 33.7 Å². The second-order valence-electron chi connectivity index (χ2n) is 4.99. The minimum Gasteiger partial charge on any atom is -0.356 e. The van der Waals surface area contributed by atoms with Crippen molar-refractivity contribution in [3.63, 3.8) is 0 Å². The number of rotatable bonds is 7. The zero-order chi connectivity index (χ0) is 14.0. The van der Waals surface area contributed by atoms with E-state index in [1.807, 2.05) is 0 Å². The van der Waals surface area contributed by atoms with Gasteiger partial charge in [-0.25, -0.2) is 4.99 Å². The van der Waals surface area contributed by atoms with Gasteiger partial charge in [-0.2, -0.15) is 0 Å². The highest BCUT2D eigenvalue weighted by Gasteiger charge is 2.04. The first-order chi connectivity index (χ1) is 8.47. The number of nitrogens with one attached hydrogen (secondary N) is 2. The molecule has 0 aromatic rings. The first kappa shape index (κ1) is 20.8. The van der Waals surface area contributed by atoms with Gasteiger partial charge in [-0.3, -0.25) is 4.79 Å². The molecule has 0 rings (SSSR count). The summed E-state index contributed by atoms with van der Waals surface area (Å²) in [5.41, 5.74) is 0. The van der Waals surface area contributed by atoms with Crippen LogP contribution in [0.2, 0.25) is 0 Å². The monoisotopic (exact) mass is 384 g/mol. The third kappa shape index (κ3) is 12.3. The Kier molecular flexibility index (Phi) is 13.7. The second-order valence-corrected chi connectivity index (χ2v) is 4.99. The van der Waals surface area contributed by atoms with Crippen LogP contribution >= 0.6 is 24.0 Å². The lowest BCUT2D eigenvalue weighted by molar-refractivity contribution is -0.127. The Morgan fingerprint density at radius 2 is 1.79 bits per heavy atom. The van der Waals surface area contributed by atoms with Gasteiger partial charge in [-0.05, 0) is 18.8 Å². The lowest BCUT2D eigenvalue weighted by Gasteiger charge is -2.14. The Labute approximate surface area is 134 Å². The summed E-state index contributed by atoms with van der Waals surface area (Å²) in [4.78, 5) is 17.3. The molecule has 2 N–H and O–H groups in total. The second kappa shape index (κ2) is 12.5. The normalized spacial score (nSPS) is 10.9. The standard InChI is InChI=1S/C13H28N4O.HI/c1-6-8-14-13(15-9-7-11(2)3)16-10-12(18)17(4)5;/h11H,6-10H2,1-5H3,(H2,14,15,16);1H. The Morgan fingerprint density at radius 3 is 2.26 bits per heavy atom. The van der Waals surface area contributed by atoms with Crippen molar-refractivity contribution in [3.8, 4) is 0 Å². The number of carbonyl (C=O) groups excluding carboxylic acids is 1. The molecule has 0 radical (unpaired) electrons. The molecule has 114 valence electrons. The summed E-state index contributed by atoms with van der Waals surface area (Å²) in [6.07, 6.45) is 2.13. The fraction of sp³-hybridized carbons (Fsp3) is 0.846. The van der Waals surface area contributed by atoms with Gasteiger partial charge in [0.2, 0.25) is 5.91 Å². The van der Waals surface area contributed by atoms with E-state index in [2.05, 4.69) is 36.4 Å². The molecule has 0 spiro atoms. The fourth-order valence-electron chi connectivity index (χ4n) is 1.19. The number of nitrogens with zero attached hydrogens (tertiary/aromatic N) is 2. The van der Waals surface area contributed by atoms with Crippen molar-refractivity contribution >= 4 is 35.8 Å². The van der Waals surface area contributed by atoms with Gasteiger partial charge in [0.05, 0.1) is 0 Å². The number of guanidine groups is 1. The molecule has 0 bridgehead atoms. The van der Waals surface area contributed by atoms with Gasteiger partial charge in [0.15, 0.2) is 5.96 Å². The summed E-state index contributed by atoms with van der Waals surface area (Å²) in [5, 5.41) is 6.45. The third-order valence-corrected chi connectivity index (χ3v) is 2.43. The molecule has 0 saturated heterocycles. The van der Waals surface area contributed by atoms with Gasteiger partial charge in [0.25, 0.3) is 0 Å². The van der Waals surface area contributed by atoms with Crippen LogP contribution in [0, 0.1) is 5.92 Å². The predicted molar refractivity (Wildman–Crippen MR) is 92.2 cm³/mol. The van der Waals surface area contributed by atoms with Crippen molar-refractivity contribution in [2.24, 2.45) is 10.9 Å². The van der Waals surface area contributed by atoms with Crippen molar-refractivity contribution in [2.45, 2.75) is 33.6 Å². The summed E-state index contributed by atoms with van der Waals surface area (Å²) in [6, 6.07) is 0. The van der Waals surface area contributed by atoms with E-state index in [4.69, 9.17) is 0 Å². The Morgan fingerprint density at radius 1 is 1.21 bits per heavy atom. The van der Waals surface area contributed by atoms with E-state index in [0.29, 0.717) is 5.92 Å². The summed E-state index contributed by atoms with van der Waals surface area (Å²) in [6.45, 7) is 8.41. The van der Waals surface area contributed by atoms with E-state index in [0.717, 1.165) is 31.9 Å². The largest absolute Gasteiger partial charge is 0.356 e.